The quantitative estimate of drug-likeness (QED) is 0.424. The van der Waals surface area contributed by atoms with Crippen LogP contribution in [0.5, 0.6) is 5.75 Å². The van der Waals surface area contributed by atoms with Gasteiger partial charge in [-0.1, -0.05) is 12.0 Å². The molecule has 0 aliphatic heterocycles. The van der Waals surface area contributed by atoms with Crippen LogP contribution in [0.3, 0.4) is 0 Å². The van der Waals surface area contributed by atoms with Crippen LogP contribution in [0.1, 0.15) is 26.3 Å². The fourth-order valence-corrected chi connectivity index (χ4v) is 1.84. The minimum atomic E-state index is -1.60. The van der Waals surface area contributed by atoms with Crippen LogP contribution in [0, 0.1) is 12.3 Å². The Morgan fingerprint density at radius 1 is 0.962 bits per heavy atom. The first-order valence-electron chi connectivity index (χ1n) is 6.52. The second kappa shape index (κ2) is 11.0. The van der Waals surface area contributed by atoms with Gasteiger partial charge >= 0.3 is 65.2 Å². The molecule has 0 heterocycles. The zero-order valence-electron chi connectivity index (χ0n) is 14.1. The van der Waals surface area contributed by atoms with E-state index < -0.39 is 29.2 Å². The Balaban J connectivity index is 0.00000312. The van der Waals surface area contributed by atoms with Crippen molar-refractivity contribution in [3.8, 4) is 18.1 Å². The monoisotopic (exact) mass is 369 g/mol. The topological polar surface area (TPSA) is 119 Å². The Bertz CT molecular complexity index is 844. The molecule has 0 aliphatic rings. The van der Waals surface area contributed by atoms with Gasteiger partial charge in [-0.3, -0.25) is 5.32 Å². The molecule has 7 nitrogen and oxygen atoms in total. The minimum Gasteiger partial charge on any atom is -0.545 e. The van der Waals surface area contributed by atoms with Crippen LogP contribution in [-0.4, -0.2) is 18.0 Å². The number of hydrogen-bond acceptors (Lipinski definition) is 6. The summed E-state index contributed by atoms with van der Waals surface area (Å²) in [4.78, 5) is 33.6. The number of carbonyl (C=O) groups excluding carboxylic acids is 3. The first-order valence-corrected chi connectivity index (χ1v) is 6.52. The number of aromatic carboxylic acids is 2. The van der Waals surface area contributed by atoms with Gasteiger partial charge in [-0.05, 0) is 47.5 Å². The van der Waals surface area contributed by atoms with Gasteiger partial charge in [0.1, 0.15) is 5.75 Å². The first-order chi connectivity index (χ1) is 11.4. The number of ether oxygens (including phenoxy) is 1. The third-order valence-electron chi connectivity index (χ3n) is 2.86. The molecule has 0 atom stereocenters. The summed E-state index contributed by atoms with van der Waals surface area (Å²) in [7, 11) is 0. The summed E-state index contributed by atoms with van der Waals surface area (Å²) in [5.41, 5.74) is -0.463. The van der Waals surface area contributed by atoms with Crippen LogP contribution in [0.15, 0.2) is 42.5 Å². The third-order valence-corrected chi connectivity index (χ3v) is 2.86. The molecule has 9 heteroatoms. The van der Waals surface area contributed by atoms with Crippen LogP contribution < -0.4 is 79.4 Å². The maximum atomic E-state index is 11.8. The van der Waals surface area contributed by atoms with Crippen LogP contribution in [0.4, 0.5) is 10.5 Å². The number of carboxylic acids is 2. The molecule has 0 unspecified atom stereocenters. The fourth-order valence-electron chi connectivity index (χ4n) is 1.84. The molecule has 0 fully saturated rings. The number of carboxylic acid groups (broad SMARTS) is 2. The first kappa shape index (κ1) is 24.2. The zero-order valence-corrected chi connectivity index (χ0v) is 18.1. The van der Waals surface area contributed by atoms with E-state index in [1.54, 1.807) is 12.1 Å². The van der Waals surface area contributed by atoms with Gasteiger partial charge in [-0.25, -0.2) is 4.79 Å². The van der Waals surface area contributed by atoms with Crippen molar-refractivity contribution < 1.29 is 88.4 Å². The van der Waals surface area contributed by atoms with E-state index in [1.807, 2.05) is 0 Å². The predicted octanol–water partition coefficient (Wildman–Crippen LogP) is -5.99. The van der Waals surface area contributed by atoms with Crippen molar-refractivity contribution in [3.05, 3.63) is 59.2 Å². The molecule has 0 bridgehead atoms. The molecule has 1 N–H and O–H groups in total. The maximum absolute atomic E-state index is 11.8. The van der Waals surface area contributed by atoms with Crippen molar-refractivity contribution >= 4 is 23.7 Å². The summed E-state index contributed by atoms with van der Waals surface area (Å²) in [6.45, 7) is 0. The molecule has 0 spiro atoms. The Morgan fingerprint density at radius 3 is 2.04 bits per heavy atom. The number of anilines is 1. The van der Waals surface area contributed by atoms with Gasteiger partial charge in [0.05, 0.1) is 11.9 Å². The number of hydrogen-bond donors (Lipinski definition) is 1. The number of nitrogens with one attached hydrogen (secondary N) is 1. The van der Waals surface area contributed by atoms with Crippen LogP contribution in [0.25, 0.3) is 0 Å². The molecule has 2 aromatic carbocycles. The average Bonchev–Trinajstić information content (AvgIpc) is 2.54. The van der Waals surface area contributed by atoms with Crippen molar-refractivity contribution in [1.82, 2.24) is 0 Å². The molecule has 120 valence electrons. The normalized spacial score (nSPS) is 8.88. The average molecular weight is 369 g/mol. The van der Waals surface area contributed by atoms with E-state index in [9.17, 15) is 24.6 Å². The Hall–Kier alpha value is -1.79. The minimum absolute atomic E-state index is 0. The molecular weight excluding hydrogens is 360 g/mol. The standard InChI is InChI=1S/C17H11NO6.2Na/c1-2-10-4-3-5-14(6-10)24-17(23)18-13-8-11(15(19)20)7-12(9-13)16(21)22;;/h1,3-9H,(H,18,23)(H,19,20)(H,21,22);;/q;2*+1/p-2. The third kappa shape index (κ3) is 6.84. The number of rotatable bonds is 4. The van der Waals surface area contributed by atoms with Gasteiger partial charge in [0.2, 0.25) is 0 Å². The Labute approximate surface area is 193 Å². The van der Waals surface area contributed by atoms with E-state index in [-0.39, 0.29) is 70.6 Å². The van der Waals surface area contributed by atoms with Gasteiger partial charge in [-0.2, -0.15) is 0 Å². The van der Waals surface area contributed by atoms with E-state index in [4.69, 9.17) is 11.2 Å². The van der Waals surface area contributed by atoms with Gasteiger partial charge in [0.25, 0.3) is 0 Å². The predicted molar refractivity (Wildman–Crippen MR) is 79.1 cm³/mol. The molecule has 2 rings (SSSR count). The number of carbonyl (C=O) groups is 3. The van der Waals surface area contributed by atoms with E-state index >= 15 is 0 Å². The number of terminal acetylenes is 1. The Kier molecular flexibility index (Phi) is 10.3. The number of amides is 1. The SMILES string of the molecule is C#Cc1cccc(OC(=O)Nc2cc(C(=O)[O-])cc(C(=O)[O-])c2)c1.[Na+].[Na+]. The molecule has 1 amide bonds. The van der Waals surface area contributed by atoms with E-state index in [0.29, 0.717) is 5.56 Å². The van der Waals surface area contributed by atoms with E-state index in [1.165, 1.54) is 12.1 Å². The zero-order chi connectivity index (χ0) is 17.7. The summed E-state index contributed by atoms with van der Waals surface area (Å²) < 4.78 is 4.99. The summed E-state index contributed by atoms with van der Waals surface area (Å²) in [6.07, 6.45) is 4.28. The van der Waals surface area contributed by atoms with Gasteiger partial charge < -0.3 is 24.5 Å². The second-order valence-electron chi connectivity index (χ2n) is 4.56. The fraction of sp³-hybridized carbons (Fsp3) is 0. The number of benzene rings is 2. The van der Waals surface area contributed by atoms with Crippen molar-refractivity contribution in [2.75, 3.05) is 5.32 Å². The van der Waals surface area contributed by atoms with Gasteiger partial charge in [0.15, 0.2) is 0 Å². The molecule has 26 heavy (non-hydrogen) atoms. The van der Waals surface area contributed by atoms with E-state index in [2.05, 4.69) is 11.2 Å². The summed E-state index contributed by atoms with van der Waals surface area (Å²) in [5, 5.41) is 24.0. The van der Waals surface area contributed by atoms with Crippen molar-refractivity contribution in [2.45, 2.75) is 0 Å². The molecule has 0 aromatic heterocycles. The second-order valence-corrected chi connectivity index (χ2v) is 4.56. The molecule has 0 saturated carbocycles. The van der Waals surface area contributed by atoms with Gasteiger partial charge in [-0.15, -0.1) is 6.42 Å². The molecule has 0 radical (unpaired) electrons. The van der Waals surface area contributed by atoms with Crippen LogP contribution in [-0.2, 0) is 0 Å². The van der Waals surface area contributed by atoms with Gasteiger partial charge in [0, 0.05) is 11.3 Å². The summed E-state index contributed by atoms with van der Waals surface area (Å²) >= 11 is 0. The molecule has 2 aromatic rings. The summed E-state index contributed by atoms with van der Waals surface area (Å²) in [6, 6.07) is 9.08. The summed E-state index contributed by atoms with van der Waals surface area (Å²) in [5.74, 6) is -0.662. The van der Waals surface area contributed by atoms with Crippen molar-refractivity contribution in [3.63, 3.8) is 0 Å². The van der Waals surface area contributed by atoms with Crippen LogP contribution >= 0.6 is 0 Å². The molecule has 0 aliphatic carbocycles. The molecule has 0 saturated heterocycles. The van der Waals surface area contributed by atoms with Crippen molar-refractivity contribution in [1.29, 1.82) is 0 Å². The Morgan fingerprint density at radius 2 is 1.54 bits per heavy atom. The largest absolute Gasteiger partial charge is 1.00 e. The van der Waals surface area contributed by atoms with Crippen molar-refractivity contribution in [2.24, 2.45) is 0 Å². The molecular formula is C17H9NNa2O6. The smallest absolute Gasteiger partial charge is 0.545 e. The maximum Gasteiger partial charge on any atom is 1.00 e. The van der Waals surface area contributed by atoms with E-state index in [0.717, 1.165) is 18.2 Å². The van der Waals surface area contributed by atoms with Crippen LogP contribution in [0.2, 0.25) is 0 Å².